The molecular weight excluding hydrogens is 395 g/mol. The summed E-state index contributed by atoms with van der Waals surface area (Å²) < 4.78 is 19.9. The number of nitrogens with one attached hydrogen (secondary N) is 2. The molecule has 31 heavy (non-hydrogen) atoms. The van der Waals surface area contributed by atoms with E-state index >= 15 is 0 Å². The van der Waals surface area contributed by atoms with Crippen molar-refractivity contribution in [1.82, 2.24) is 4.90 Å². The van der Waals surface area contributed by atoms with Crippen molar-refractivity contribution in [1.29, 1.82) is 0 Å². The molecule has 0 radical (unpaired) electrons. The first-order chi connectivity index (χ1) is 15.2. The van der Waals surface area contributed by atoms with Crippen molar-refractivity contribution in [2.24, 2.45) is 0 Å². The smallest absolute Gasteiger partial charge is 0.323 e. The second-order valence-electron chi connectivity index (χ2n) is 8.19. The van der Waals surface area contributed by atoms with Crippen molar-refractivity contribution >= 4 is 23.1 Å². The number of piperidine rings is 1. The second kappa shape index (κ2) is 10.6. The van der Waals surface area contributed by atoms with Gasteiger partial charge in [-0.3, -0.25) is 4.90 Å². The highest BCUT2D eigenvalue weighted by Gasteiger charge is 2.15. The third-order valence-electron chi connectivity index (χ3n) is 5.93. The lowest BCUT2D eigenvalue weighted by Gasteiger charge is -2.29. The fourth-order valence-electron chi connectivity index (χ4n) is 4.14. The molecule has 7 heteroatoms. The number of nitrogens with zero attached hydrogens (tertiary/aromatic N) is 2. The molecule has 2 N–H and O–H groups in total. The van der Waals surface area contributed by atoms with Crippen LogP contribution in [-0.4, -0.2) is 56.9 Å². The van der Waals surface area contributed by atoms with Gasteiger partial charge in [-0.1, -0.05) is 12.1 Å². The summed E-state index contributed by atoms with van der Waals surface area (Å²) in [4.78, 5) is 16.8. The third-order valence-corrected chi connectivity index (χ3v) is 5.93. The molecule has 2 aromatic carbocycles. The van der Waals surface area contributed by atoms with Crippen molar-refractivity contribution in [3.63, 3.8) is 0 Å². The van der Waals surface area contributed by atoms with Crippen molar-refractivity contribution in [2.45, 2.75) is 25.7 Å². The first-order valence-electron chi connectivity index (χ1n) is 11.2. The van der Waals surface area contributed by atoms with Crippen molar-refractivity contribution in [2.75, 3.05) is 61.5 Å². The van der Waals surface area contributed by atoms with E-state index in [4.69, 9.17) is 4.74 Å². The van der Waals surface area contributed by atoms with Crippen LogP contribution >= 0.6 is 0 Å². The normalized spacial score (nSPS) is 17.4. The number of carbonyl (C=O) groups is 1. The molecule has 0 aliphatic carbocycles. The molecule has 0 aromatic heterocycles. The van der Waals surface area contributed by atoms with Crippen LogP contribution in [0.25, 0.3) is 0 Å². The maximum atomic E-state index is 14.5. The first-order valence-corrected chi connectivity index (χ1v) is 11.2. The zero-order chi connectivity index (χ0) is 21.5. The predicted molar refractivity (Wildman–Crippen MR) is 123 cm³/mol. The quantitative estimate of drug-likeness (QED) is 0.722. The Morgan fingerprint density at radius 3 is 2.29 bits per heavy atom. The number of amides is 2. The fourth-order valence-corrected chi connectivity index (χ4v) is 4.14. The van der Waals surface area contributed by atoms with Crippen LogP contribution in [0, 0.1) is 5.82 Å². The number of halogens is 1. The number of carbonyl (C=O) groups excluding carboxylic acids is 1. The Hall–Kier alpha value is -2.64. The molecule has 2 aromatic rings. The van der Waals surface area contributed by atoms with Crippen molar-refractivity contribution in [3.8, 4) is 0 Å². The minimum Gasteiger partial charge on any atom is -0.379 e. The average molecular weight is 427 g/mol. The summed E-state index contributed by atoms with van der Waals surface area (Å²) >= 11 is 0. The number of hydrogen-bond donors (Lipinski definition) is 2. The summed E-state index contributed by atoms with van der Waals surface area (Å²) in [5, 5.41) is 5.53. The molecule has 0 saturated carbocycles. The van der Waals surface area contributed by atoms with E-state index < -0.39 is 0 Å². The van der Waals surface area contributed by atoms with Crippen LogP contribution < -0.4 is 15.5 Å². The maximum absolute atomic E-state index is 14.5. The molecule has 166 valence electrons. The summed E-state index contributed by atoms with van der Waals surface area (Å²) in [5.41, 5.74) is 2.99. The molecule has 2 amide bonds. The third kappa shape index (κ3) is 6.18. The van der Waals surface area contributed by atoms with Crippen LogP contribution in [-0.2, 0) is 11.2 Å². The molecule has 2 aliphatic heterocycles. The summed E-state index contributed by atoms with van der Waals surface area (Å²) in [6, 6.07) is 12.4. The summed E-state index contributed by atoms with van der Waals surface area (Å²) in [5.74, 6) is -0.302. The van der Waals surface area contributed by atoms with Gasteiger partial charge in [0.15, 0.2) is 0 Å². The Labute approximate surface area is 183 Å². The fraction of sp³-hybridized carbons (Fsp3) is 0.458. The Kier molecular flexibility index (Phi) is 7.38. The Bertz CT molecular complexity index is 862. The van der Waals surface area contributed by atoms with Crippen LogP contribution in [0.15, 0.2) is 42.5 Å². The minimum absolute atomic E-state index is 0.302. The van der Waals surface area contributed by atoms with Gasteiger partial charge in [-0.05, 0) is 61.6 Å². The molecule has 2 saturated heterocycles. The summed E-state index contributed by atoms with van der Waals surface area (Å²) in [6.07, 6.45) is 4.35. The van der Waals surface area contributed by atoms with Crippen LogP contribution in [0.1, 0.15) is 24.8 Å². The number of anilines is 3. The zero-order valence-corrected chi connectivity index (χ0v) is 17.9. The highest BCUT2D eigenvalue weighted by molar-refractivity contribution is 5.99. The van der Waals surface area contributed by atoms with Crippen LogP contribution in [0.2, 0.25) is 0 Å². The molecule has 4 rings (SSSR count). The van der Waals surface area contributed by atoms with Gasteiger partial charge in [-0.15, -0.1) is 0 Å². The number of benzene rings is 2. The van der Waals surface area contributed by atoms with E-state index in [1.165, 1.54) is 18.1 Å². The second-order valence-corrected chi connectivity index (χ2v) is 8.19. The van der Waals surface area contributed by atoms with Gasteiger partial charge >= 0.3 is 6.03 Å². The Balaban J connectivity index is 1.26. The van der Waals surface area contributed by atoms with E-state index in [2.05, 4.69) is 20.4 Å². The standard InChI is InChI=1S/C24H31FN4O2/c25-22-18-21(8-9-23(22)29-11-2-1-3-12-29)27-24(30)26-20-6-4-19(5-7-20)10-13-28-14-16-31-17-15-28/h4-9,18H,1-3,10-17H2,(H2,26,27,30). The molecule has 2 fully saturated rings. The van der Waals surface area contributed by atoms with Crippen LogP contribution in [0.4, 0.5) is 26.2 Å². The lowest BCUT2D eigenvalue weighted by Crippen LogP contribution is -2.37. The van der Waals surface area contributed by atoms with E-state index in [0.29, 0.717) is 17.1 Å². The van der Waals surface area contributed by atoms with Gasteiger partial charge in [0.25, 0.3) is 0 Å². The first kappa shape index (κ1) is 21.6. The van der Waals surface area contributed by atoms with E-state index in [9.17, 15) is 9.18 Å². The Morgan fingerprint density at radius 1 is 0.903 bits per heavy atom. The highest BCUT2D eigenvalue weighted by atomic mass is 19.1. The van der Waals surface area contributed by atoms with Gasteiger partial charge in [0, 0.05) is 44.1 Å². The van der Waals surface area contributed by atoms with Gasteiger partial charge in [0.1, 0.15) is 5.82 Å². The number of rotatable bonds is 6. The van der Waals surface area contributed by atoms with Gasteiger partial charge in [-0.2, -0.15) is 0 Å². The predicted octanol–water partition coefficient (Wildman–Crippen LogP) is 4.33. The van der Waals surface area contributed by atoms with Crippen molar-refractivity contribution in [3.05, 3.63) is 53.8 Å². The topological polar surface area (TPSA) is 56.8 Å². The lowest BCUT2D eigenvalue weighted by atomic mass is 10.1. The molecule has 0 atom stereocenters. The minimum atomic E-state index is -0.383. The van der Waals surface area contributed by atoms with Gasteiger partial charge in [0.2, 0.25) is 0 Å². The molecule has 2 heterocycles. The van der Waals surface area contributed by atoms with Crippen molar-refractivity contribution < 1.29 is 13.9 Å². The van der Waals surface area contributed by atoms with Crippen LogP contribution in [0.3, 0.4) is 0 Å². The molecular formula is C24H31FN4O2. The van der Waals surface area contributed by atoms with Gasteiger partial charge in [0.05, 0.1) is 18.9 Å². The molecule has 6 nitrogen and oxygen atoms in total. The highest BCUT2D eigenvalue weighted by Crippen LogP contribution is 2.26. The van der Waals surface area contributed by atoms with Crippen LogP contribution in [0.5, 0.6) is 0 Å². The SMILES string of the molecule is O=C(Nc1ccc(CCN2CCOCC2)cc1)Nc1ccc(N2CCCCC2)c(F)c1. The number of morpholine rings is 1. The van der Waals surface area contributed by atoms with E-state index in [-0.39, 0.29) is 11.8 Å². The molecule has 0 spiro atoms. The summed E-state index contributed by atoms with van der Waals surface area (Å²) in [6.45, 7) is 6.36. The van der Waals surface area contributed by atoms with Gasteiger partial charge < -0.3 is 20.3 Å². The largest absolute Gasteiger partial charge is 0.379 e. The van der Waals surface area contributed by atoms with Gasteiger partial charge in [-0.25, -0.2) is 9.18 Å². The monoisotopic (exact) mass is 426 g/mol. The van der Waals surface area contributed by atoms with E-state index in [0.717, 1.165) is 65.2 Å². The average Bonchev–Trinajstić information content (AvgIpc) is 2.80. The molecule has 0 unspecified atom stereocenters. The summed E-state index contributed by atoms with van der Waals surface area (Å²) in [7, 11) is 0. The lowest BCUT2D eigenvalue weighted by molar-refractivity contribution is 0.0384. The molecule has 0 bridgehead atoms. The molecule has 2 aliphatic rings. The number of hydrogen-bond acceptors (Lipinski definition) is 4. The Morgan fingerprint density at radius 2 is 1.58 bits per heavy atom. The maximum Gasteiger partial charge on any atom is 0.323 e. The van der Waals surface area contributed by atoms with E-state index in [1.807, 2.05) is 24.3 Å². The number of ether oxygens (including phenoxy) is 1. The van der Waals surface area contributed by atoms with E-state index in [1.54, 1.807) is 12.1 Å². The zero-order valence-electron chi connectivity index (χ0n) is 17.9. The number of urea groups is 1.